The molecule has 0 bridgehead atoms. The zero-order valence-corrected chi connectivity index (χ0v) is 19.0. The van der Waals surface area contributed by atoms with Crippen LogP contribution in [0.5, 0.6) is 0 Å². The summed E-state index contributed by atoms with van der Waals surface area (Å²) in [6, 6.07) is -4.01. The first kappa shape index (κ1) is 28.5. The average Bonchev–Trinajstić information content (AvgIpc) is 2.67. The summed E-state index contributed by atoms with van der Waals surface area (Å²) in [6.45, 7) is 5.32. The quantitative estimate of drug-likeness (QED) is 0.0619. The molecule has 10 N–H and O–H groups in total. The lowest BCUT2D eigenvalue weighted by molar-refractivity contribution is -0.142. The molecule has 0 aromatic rings. The number of nitrogens with zero attached hydrogens (tertiary/aromatic N) is 1. The van der Waals surface area contributed by atoms with Gasteiger partial charge < -0.3 is 38.3 Å². The first-order valence-electron chi connectivity index (χ1n) is 9.94. The zero-order chi connectivity index (χ0) is 24.1. The fourth-order valence-corrected chi connectivity index (χ4v) is 2.67. The van der Waals surface area contributed by atoms with Crippen LogP contribution < -0.4 is 33.2 Å². The molecule has 0 aliphatic heterocycles. The summed E-state index contributed by atoms with van der Waals surface area (Å²) in [7, 11) is 0. The van der Waals surface area contributed by atoms with Crippen LogP contribution in [0.2, 0.25) is 0 Å². The fourth-order valence-electron chi connectivity index (χ4n) is 2.50. The van der Waals surface area contributed by atoms with Gasteiger partial charge in [-0.25, -0.2) is 4.79 Å². The van der Waals surface area contributed by atoms with E-state index in [9.17, 15) is 24.3 Å². The molecule has 31 heavy (non-hydrogen) atoms. The van der Waals surface area contributed by atoms with Crippen LogP contribution >= 0.6 is 12.6 Å². The van der Waals surface area contributed by atoms with Crippen LogP contribution in [0.15, 0.2) is 4.99 Å². The lowest BCUT2D eigenvalue weighted by Crippen LogP contribution is -2.56. The third kappa shape index (κ3) is 12.0. The van der Waals surface area contributed by atoms with Gasteiger partial charge in [0.2, 0.25) is 17.7 Å². The number of amides is 3. The SMILES string of the molecule is CC(C)CC(NC(=O)C(CCCN=C(N)N)NC(=O)C(C)NC(=O)C(N)CS)C(=O)O. The normalized spacial score (nSPS) is 14.6. The number of nitrogens with one attached hydrogen (secondary N) is 3. The molecule has 4 unspecified atom stereocenters. The first-order chi connectivity index (χ1) is 14.4. The summed E-state index contributed by atoms with van der Waals surface area (Å²) in [5.41, 5.74) is 16.1. The Hall–Kier alpha value is -2.54. The average molecular weight is 462 g/mol. The minimum atomic E-state index is -1.17. The number of thiol groups is 1. The molecule has 0 aliphatic carbocycles. The Kier molecular flexibility index (Phi) is 13.3. The molecule has 0 rings (SSSR count). The number of rotatable bonds is 14. The Bertz CT molecular complexity index is 655. The topological polar surface area (TPSA) is 215 Å². The van der Waals surface area contributed by atoms with Crippen molar-refractivity contribution in [1.29, 1.82) is 0 Å². The van der Waals surface area contributed by atoms with E-state index in [4.69, 9.17) is 17.2 Å². The van der Waals surface area contributed by atoms with Crippen LogP contribution in [-0.2, 0) is 19.2 Å². The standard InChI is InChI=1S/C18H35N7O5S/c1-9(2)7-13(17(29)30)25-16(28)12(5-4-6-22-18(20)21)24-14(26)10(3)23-15(27)11(19)8-31/h9-13,31H,4-8,19H2,1-3H3,(H,23,27)(H,24,26)(H,25,28)(H,29,30)(H4,20,21,22). The summed E-state index contributed by atoms with van der Waals surface area (Å²) in [4.78, 5) is 52.3. The molecule has 0 heterocycles. The fraction of sp³-hybridized carbons (Fsp3) is 0.722. The summed E-state index contributed by atoms with van der Waals surface area (Å²) in [5, 5.41) is 16.8. The molecule has 0 aromatic carbocycles. The summed E-state index contributed by atoms with van der Waals surface area (Å²) >= 11 is 3.93. The first-order valence-corrected chi connectivity index (χ1v) is 10.6. The highest BCUT2D eigenvalue weighted by Gasteiger charge is 2.28. The second-order valence-electron chi connectivity index (χ2n) is 7.56. The molecule has 0 saturated carbocycles. The second kappa shape index (κ2) is 14.5. The number of hydrogen-bond acceptors (Lipinski definition) is 7. The van der Waals surface area contributed by atoms with Crippen LogP contribution in [0, 0.1) is 5.92 Å². The van der Waals surface area contributed by atoms with Gasteiger partial charge in [-0.05, 0) is 32.1 Å². The van der Waals surface area contributed by atoms with Crippen molar-refractivity contribution in [3.63, 3.8) is 0 Å². The van der Waals surface area contributed by atoms with Gasteiger partial charge in [0.05, 0.1) is 6.04 Å². The number of nitrogens with two attached hydrogens (primary N) is 3. The van der Waals surface area contributed by atoms with Gasteiger partial charge in [-0.3, -0.25) is 19.4 Å². The van der Waals surface area contributed by atoms with Crippen LogP contribution in [-0.4, -0.2) is 71.2 Å². The summed E-state index contributed by atoms with van der Waals surface area (Å²) in [6.07, 6.45) is 0.729. The van der Waals surface area contributed by atoms with Gasteiger partial charge in [0, 0.05) is 12.3 Å². The molecule has 0 saturated heterocycles. The second-order valence-corrected chi connectivity index (χ2v) is 7.92. The highest BCUT2D eigenvalue weighted by molar-refractivity contribution is 7.80. The number of aliphatic carboxylic acids is 1. The number of aliphatic imine (C=N–C) groups is 1. The minimum absolute atomic E-state index is 0.0302. The van der Waals surface area contributed by atoms with Crippen LogP contribution in [0.3, 0.4) is 0 Å². The van der Waals surface area contributed by atoms with Crippen molar-refractivity contribution in [3.05, 3.63) is 0 Å². The van der Waals surface area contributed by atoms with E-state index >= 15 is 0 Å². The van der Waals surface area contributed by atoms with Crippen molar-refractivity contribution in [2.24, 2.45) is 28.1 Å². The van der Waals surface area contributed by atoms with Gasteiger partial charge in [0.15, 0.2) is 5.96 Å². The largest absolute Gasteiger partial charge is 0.480 e. The molecule has 13 heteroatoms. The van der Waals surface area contributed by atoms with Crippen molar-refractivity contribution in [2.75, 3.05) is 12.3 Å². The smallest absolute Gasteiger partial charge is 0.326 e. The highest BCUT2D eigenvalue weighted by atomic mass is 32.1. The van der Waals surface area contributed by atoms with Gasteiger partial charge in [-0.2, -0.15) is 12.6 Å². The molecular formula is C18H35N7O5S. The van der Waals surface area contributed by atoms with E-state index in [0.29, 0.717) is 6.42 Å². The molecule has 12 nitrogen and oxygen atoms in total. The lowest BCUT2D eigenvalue weighted by atomic mass is 10.0. The predicted molar refractivity (Wildman–Crippen MR) is 120 cm³/mol. The molecule has 0 aliphatic rings. The van der Waals surface area contributed by atoms with Crippen molar-refractivity contribution < 1.29 is 24.3 Å². The zero-order valence-electron chi connectivity index (χ0n) is 18.1. The monoisotopic (exact) mass is 461 g/mol. The molecule has 0 aromatic heterocycles. The third-order valence-corrected chi connectivity index (χ3v) is 4.58. The van der Waals surface area contributed by atoms with Gasteiger partial charge in [0.1, 0.15) is 18.1 Å². The maximum atomic E-state index is 12.7. The number of carboxylic acid groups (broad SMARTS) is 1. The highest BCUT2D eigenvalue weighted by Crippen LogP contribution is 2.07. The van der Waals surface area contributed by atoms with E-state index in [0.717, 1.165) is 0 Å². The molecule has 0 spiro atoms. The third-order valence-electron chi connectivity index (χ3n) is 4.19. The van der Waals surface area contributed by atoms with E-state index < -0.39 is 47.9 Å². The summed E-state index contributed by atoms with van der Waals surface area (Å²) < 4.78 is 0. The molecule has 178 valence electrons. The van der Waals surface area contributed by atoms with E-state index in [1.807, 2.05) is 13.8 Å². The minimum Gasteiger partial charge on any atom is -0.480 e. The van der Waals surface area contributed by atoms with Crippen molar-refractivity contribution in [1.82, 2.24) is 16.0 Å². The van der Waals surface area contributed by atoms with Gasteiger partial charge >= 0.3 is 5.97 Å². The maximum absolute atomic E-state index is 12.7. The Labute approximate surface area is 187 Å². The number of hydrogen-bond donors (Lipinski definition) is 8. The van der Waals surface area contributed by atoms with E-state index in [2.05, 4.69) is 33.6 Å². The molecular weight excluding hydrogens is 426 g/mol. The van der Waals surface area contributed by atoms with E-state index in [1.165, 1.54) is 6.92 Å². The number of carbonyl (C=O) groups excluding carboxylic acids is 3. The maximum Gasteiger partial charge on any atom is 0.326 e. The number of guanidine groups is 1. The summed E-state index contributed by atoms with van der Waals surface area (Å²) in [5.74, 6) is -2.99. The molecule has 0 radical (unpaired) electrons. The lowest BCUT2D eigenvalue weighted by Gasteiger charge is -2.24. The van der Waals surface area contributed by atoms with Crippen LogP contribution in [0.4, 0.5) is 0 Å². The molecule has 0 fully saturated rings. The Morgan fingerprint density at radius 1 is 0.968 bits per heavy atom. The van der Waals surface area contributed by atoms with Crippen molar-refractivity contribution in [2.45, 2.75) is 64.2 Å². The van der Waals surface area contributed by atoms with Crippen molar-refractivity contribution in [3.8, 4) is 0 Å². The van der Waals surface area contributed by atoms with E-state index in [1.54, 1.807) is 0 Å². The van der Waals surface area contributed by atoms with Gasteiger partial charge in [-0.15, -0.1) is 0 Å². The van der Waals surface area contributed by atoms with Crippen LogP contribution in [0.25, 0.3) is 0 Å². The Balaban J connectivity index is 5.23. The molecule has 3 amide bonds. The van der Waals surface area contributed by atoms with Crippen LogP contribution in [0.1, 0.15) is 40.0 Å². The predicted octanol–water partition coefficient (Wildman–Crippen LogP) is -2.10. The Morgan fingerprint density at radius 3 is 2.03 bits per heavy atom. The number of carboxylic acids is 1. The van der Waals surface area contributed by atoms with Gasteiger partial charge in [-0.1, -0.05) is 13.8 Å². The van der Waals surface area contributed by atoms with Gasteiger partial charge in [0.25, 0.3) is 0 Å². The number of carbonyl (C=O) groups is 4. The van der Waals surface area contributed by atoms with Crippen molar-refractivity contribution >= 4 is 42.3 Å². The van der Waals surface area contributed by atoms with E-state index in [-0.39, 0.29) is 37.0 Å². The molecule has 4 atom stereocenters. The Morgan fingerprint density at radius 2 is 1.55 bits per heavy atom.